The Morgan fingerprint density at radius 1 is 1.09 bits per heavy atom. The number of amides is 1. The Morgan fingerprint density at radius 2 is 1.91 bits per heavy atom. The molecule has 112 valence electrons. The summed E-state index contributed by atoms with van der Waals surface area (Å²) in [5.41, 5.74) is 5.37. The lowest BCUT2D eigenvalue weighted by atomic mass is 9.82. The Bertz CT molecular complexity index is 653. The second-order valence-electron chi connectivity index (χ2n) is 5.47. The molecule has 4 heteroatoms. The summed E-state index contributed by atoms with van der Waals surface area (Å²) >= 11 is 0. The molecule has 1 heterocycles. The third-order valence-corrected chi connectivity index (χ3v) is 3.98. The highest BCUT2D eigenvalue weighted by molar-refractivity contribution is 5.95. The number of nitrogens with zero attached hydrogens (tertiary/aromatic N) is 2. The van der Waals surface area contributed by atoms with E-state index in [1.54, 1.807) is 24.4 Å². The Morgan fingerprint density at radius 3 is 2.68 bits per heavy atom. The first-order chi connectivity index (χ1) is 10.8. The number of carbonyl (C=O) groups excluding carboxylic acids is 1. The maximum absolute atomic E-state index is 12.0. The average Bonchev–Trinajstić information content (AvgIpc) is 2.61. The van der Waals surface area contributed by atoms with Crippen LogP contribution in [0.15, 0.2) is 59.8 Å². The zero-order valence-electron chi connectivity index (χ0n) is 12.4. The van der Waals surface area contributed by atoms with Crippen LogP contribution < -0.4 is 5.43 Å². The zero-order chi connectivity index (χ0) is 15.2. The molecule has 1 saturated carbocycles. The number of hydrazone groups is 1. The van der Waals surface area contributed by atoms with Gasteiger partial charge < -0.3 is 0 Å². The van der Waals surface area contributed by atoms with E-state index in [1.165, 1.54) is 12.0 Å². The average molecular weight is 293 g/mol. The Kier molecular flexibility index (Phi) is 4.59. The van der Waals surface area contributed by atoms with Gasteiger partial charge in [0.25, 0.3) is 5.91 Å². The standard InChI is InChI=1S/C18H19N3O/c22-18(17-12-6-7-13-19-17)21-20-16-11-5-4-10-15(16)14-8-2-1-3-9-14/h1-3,6-9,12-13,15H,4-5,10-11H2,(H,21,22)/b20-16-/t15-/m0/s1. The number of rotatable bonds is 3. The van der Waals surface area contributed by atoms with E-state index in [0.717, 1.165) is 25.0 Å². The largest absolute Gasteiger partial charge is 0.289 e. The molecule has 0 saturated heterocycles. The minimum absolute atomic E-state index is 0.259. The van der Waals surface area contributed by atoms with Gasteiger partial charge in [0, 0.05) is 17.8 Å². The van der Waals surface area contributed by atoms with Gasteiger partial charge >= 0.3 is 0 Å². The van der Waals surface area contributed by atoms with E-state index in [2.05, 4.69) is 27.6 Å². The lowest BCUT2D eigenvalue weighted by molar-refractivity contribution is 0.0949. The van der Waals surface area contributed by atoms with Crippen molar-refractivity contribution < 1.29 is 4.79 Å². The molecule has 1 N–H and O–H groups in total. The molecule has 4 nitrogen and oxygen atoms in total. The maximum atomic E-state index is 12.0. The predicted molar refractivity (Wildman–Crippen MR) is 86.8 cm³/mol. The van der Waals surface area contributed by atoms with Crippen LogP contribution in [0.1, 0.15) is 47.7 Å². The summed E-state index contributed by atoms with van der Waals surface area (Å²) in [6.45, 7) is 0. The van der Waals surface area contributed by atoms with Crippen molar-refractivity contribution in [3.8, 4) is 0 Å². The Labute approximate surface area is 130 Å². The monoisotopic (exact) mass is 293 g/mol. The molecular formula is C18H19N3O. The summed E-state index contributed by atoms with van der Waals surface area (Å²) < 4.78 is 0. The van der Waals surface area contributed by atoms with Crippen LogP contribution in [-0.2, 0) is 0 Å². The van der Waals surface area contributed by atoms with E-state index in [4.69, 9.17) is 0 Å². The van der Waals surface area contributed by atoms with Crippen molar-refractivity contribution in [2.24, 2.45) is 5.10 Å². The predicted octanol–water partition coefficient (Wildman–Crippen LogP) is 3.53. The van der Waals surface area contributed by atoms with Crippen molar-refractivity contribution in [3.63, 3.8) is 0 Å². The van der Waals surface area contributed by atoms with Gasteiger partial charge in [-0.15, -0.1) is 0 Å². The third kappa shape index (κ3) is 3.39. The molecule has 22 heavy (non-hydrogen) atoms. The van der Waals surface area contributed by atoms with Crippen molar-refractivity contribution in [3.05, 3.63) is 66.0 Å². The number of aromatic nitrogens is 1. The highest BCUT2D eigenvalue weighted by Gasteiger charge is 2.22. The van der Waals surface area contributed by atoms with Crippen LogP contribution in [0.3, 0.4) is 0 Å². The molecule has 0 unspecified atom stereocenters. The molecule has 0 radical (unpaired) electrons. The van der Waals surface area contributed by atoms with Gasteiger partial charge in [-0.3, -0.25) is 9.78 Å². The van der Waals surface area contributed by atoms with E-state index >= 15 is 0 Å². The van der Waals surface area contributed by atoms with Crippen LogP contribution >= 0.6 is 0 Å². The van der Waals surface area contributed by atoms with Crippen LogP contribution in [0.2, 0.25) is 0 Å². The van der Waals surface area contributed by atoms with E-state index in [0.29, 0.717) is 11.6 Å². The van der Waals surface area contributed by atoms with Crippen LogP contribution in [-0.4, -0.2) is 16.6 Å². The minimum atomic E-state index is -0.259. The third-order valence-electron chi connectivity index (χ3n) is 3.98. The molecule has 1 aliphatic carbocycles. The maximum Gasteiger partial charge on any atom is 0.289 e. The van der Waals surface area contributed by atoms with Crippen molar-refractivity contribution in [1.29, 1.82) is 0 Å². The molecule has 1 aromatic heterocycles. The van der Waals surface area contributed by atoms with Gasteiger partial charge in [-0.1, -0.05) is 42.8 Å². The van der Waals surface area contributed by atoms with Gasteiger partial charge in [-0.25, -0.2) is 5.43 Å². The van der Waals surface area contributed by atoms with Gasteiger partial charge in [-0.05, 0) is 37.0 Å². The molecular weight excluding hydrogens is 274 g/mol. The van der Waals surface area contributed by atoms with E-state index in [1.807, 2.05) is 18.2 Å². The molecule has 1 atom stereocenters. The Balaban J connectivity index is 1.75. The SMILES string of the molecule is O=C(N/N=C1/CCCC[C@H]1c1ccccc1)c1ccccn1. The molecule has 3 rings (SSSR count). The van der Waals surface area contributed by atoms with Crippen LogP contribution in [0.5, 0.6) is 0 Å². The van der Waals surface area contributed by atoms with Gasteiger partial charge in [0.05, 0.1) is 0 Å². The molecule has 0 spiro atoms. The lowest BCUT2D eigenvalue weighted by Gasteiger charge is -2.24. The normalized spacial score (nSPS) is 19.8. The van der Waals surface area contributed by atoms with Gasteiger partial charge in [0.1, 0.15) is 5.69 Å². The van der Waals surface area contributed by atoms with Gasteiger partial charge in [-0.2, -0.15) is 5.10 Å². The van der Waals surface area contributed by atoms with Crippen molar-refractivity contribution in [2.75, 3.05) is 0 Å². The highest BCUT2D eigenvalue weighted by atomic mass is 16.2. The minimum Gasteiger partial charge on any atom is -0.266 e. The molecule has 2 aromatic rings. The summed E-state index contributed by atoms with van der Waals surface area (Å²) in [5.74, 6) is 0.0458. The molecule has 1 aliphatic rings. The van der Waals surface area contributed by atoms with Gasteiger partial charge in [0.15, 0.2) is 0 Å². The summed E-state index contributed by atoms with van der Waals surface area (Å²) in [6.07, 6.45) is 5.95. The van der Waals surface area contributed by atoms with Crippen molar-refractivity contribution in [2.45, 2.75) is 31.6 Å². The van der Waals surface area contributed by atoms with Crippen LogP contribution in [0, 0.1) is 0 Å². The Hall–Kier alpha value is -2.49. The first-order valence-corrected chi connectivity index (χ1v) is 7.67. The fraction of sp³-hybridized carbons (Fsp3) is 0.278. The number of pyridine rings is 1. The van der Waals surface area contributed by atoms with Gasteiger partial charge in [0.2, 0.25) is 0 Å². The smallest absolute Gasteiger partial charge is 0.266 e. The number of hydrogen-bond donors (Lipinski definition) is 1. The van der Waals surface area contributed by atoms with Crippen LogP contribution in [0.4, 0.5) is 0 Å². The molecule has 1 fully saturated rings. The van der Waals surface area contributed by atoms with E-state index in [9.17, 15) is 4.79 Å². The molecule has 0 aliphatic heterocycles. The van der Waals surface area contributed by atoms with E-state index < -0.39 is 0 Å². The number of nitrogens with one attached hydrogen (secondary N) is 1. The summed E-state index contributed by atoms with van der Waals surface area (Å²) in [7, 11) is 0. The summed E-state index contributed by atoms with van der Waals surface area (Å²) in [6, 6.07) is 15.6. The lowest BCUT2D eigenvalue weighted by Crippen LogP contribution is -2.25. The van der Waals surface area contributed by atoms with Crippen molar-refractivity contribution >= 4 is 11.6 Å². The number of benzene rings is 1. The highest BCUT2D eigenvalue weighted by Crippen LogP contribution is 2.30. The quantitative estimate of drug-likeness (QED) is 0.880. The molecule has 1 aromatic carbocycles. The topological polar surface area (TPSA) is 54.4 Å². The number of carbonyl (C=O) groups is 1. The second kappa shape index (κ2) is 6.98. The zero-order valence-corrected chi connectivity index (χ0v) is 12.4. The second-order valence-corrected chi connectivity index (χ2v) is 5.47. The van der Waals surface area contributed by atoms with Crippen molar-refractivity contribution in [1.82, 2.24) is 10.4 Å². The fourth-order valence-electron chi connectivity index (χ4n) is 2.85. The molecule has 1 amide bonds. The summed E-state index contributed by atoms with van der Waals surface area (Å²) in [5, 5.41) is 4.39. The first-order valence-electron chi connectivity index (χ1n) is 7.67. The molecule has 0 bridgehead atoms. The fourth-order valence-corrected chi connectivity index (χ4v) is 2.85. The number of hydrogen-bond acceptors (Lipinski definition) is 3. The van der Waals surface area contributed by atoms with E-state index in [-0.39, 0.29) is 5.91 Å². The summed E-state index contributed by atoms with van der Waals surface area (Å²) in [4.78, 5) is 16.1. The first kappa shape index (κ1) is 14.4. The van der Waals surface area contributed by atoms with Crippen LogP contribution in [0.25, 0.3) is 0 Å².